The summed E-state index contributed by atoms with van der Waals surface area (Å²) in [6.07, 6.45) is 0.901. The highest BCUT2D eigenvalue weighted by Crippen LogP contribution is 2.07. The Hall–Kier alpha value is -2.14. The van der Waals surface area contributed by atoms with Crippen molar-refractivity contribution in [3.63, 3.8) is 0 Å². The Morgan fingerprint density at radius 1 is 1.10 bits per heavy atom. The topological polar surface area (TPSA) is 55.4 Å². The number of amides is 1. The van der Waals surface area contributed by atoms with Crippen LogP contribution in [0.3, 0.4) is 0 Å². The van der Waals surface area contributed by atoms with Gasteiger partial charge in [0, 0.05) is 11.3 Å². The number of nitrogens with one attached hydrogen (secondary N) is 1. The number of ether oxygens (including phenoxy) is 1. The molecule has 0 bridgehead atoms. The summed E-state index contributed by atoms with van der Waals surface area (Å²) in [5, 5.41) is 4.66. The lowest BCUT2D eigenvalue weighted by molar-refractivity contribution is -0.148. The van der Waals surface area contributed by atoms with Crippen LogP contribution in [0.2, 0.25) is 0 Å². The lowest BCUT2D eigenvalue weighted by Gasteiger charge is -2.06. The summed E-state index contributed by atoms with van der Waals surface area (Å²) in [5.74, 6) is -0.637. The van der Waals surface area contributed by atoms with Crippen molar-refractivity contribution in [1.29, 1.82) is 0 Å². The number of hydrogen-bond acceptors (Lipinski definition) is 4. The average Bonchev–Trinajstić information content (AvgIpc) is 3.03. The van der Waals surface area contributed by atoms with E-state index in [9.17, 15) is 9.59 Å². The minimum Gasteiger partial charge on any atom is -0.456 e. The first-order valence-corrected chi connectivity index (χ1v) is 7.60. The first-order chi connectivity index (χ1) is 10.2. The van der Waals surface area contributed by atoms with Gasteiger partial charge in [0.1, 0.15) is 0 Å². The molecule has 110 valence electrons. The molecule has 1 heterocycles. The molecule has 5 heteroatoms. The number of hydrogen-bond donors (Lipinski definition) is 1. The monoisotopic (exact) mass is 303 g/mol. The van der Waals surface area contributed by atoms with Crippen LogP contribution in [-0.2, 0) is 27.3 Å². The zero-order valence-electron chi connectivity index (χ0n) is 11.6. The first-order valence-electron chi connectivity index (χ1n) is 6.72. The Bertz CT molecular complexity index is 566. The molecule has 0 spiro atoms. The van der Waals surface area contributed by atoms with Crippen molar-refractivity contribution in [1.82, 2.24) is 5.32 Å². The van der Waals surface area contributed by atoms with E-state index in [1.54, 1.807) is 11.3 Å². The van der Waals surface area contributed by atoms with Gasteiger partial charge in [-0.15, -0.1) is 11.3 Å². The van der Waals surface area contributed by atoms with E-state index in [0.717, 1.165) is 10.4 Å². The summed E-state index contributed by atoms with van der Waals surface area (Å²) in [7, 11) is 0. The van der Waals surface area contributed by atoms with Crippen molar-refractivity contribution in [2.75, 3.05) is 6.61 Å². The van der Waals surface area contributed by atoms with Crippen LogP contribution in [0.5, 0.6) is 0 Å². The van der Waals surface area contributed by atoms with E-state index in [1.807, 2.05) is 47.8 Å². The van der Waals surface area contributed by atoms with E-state index in [0.29, 0.717) is 13.0 Å². The van der Waals surface area contributed by atoms with Gasteiger partial charge >= 0.3 is 5.97 Å². The zero-order chi connectivity index (χ0) is 14.9. The molecule has 2 rings (SSSR count). The molecular weight excluding hydrogens is 286 g/mol. The highest BCUT2D eigenvalue weighted by atomic mass is 32.1. The van der Waals surface area contributed by atoms with E-state index in [2.05, 4.69) is 5.32 Å². The Balaban J connectivity index is 1.61. The number of carbonyl (C=O) groups is 2. The van der Waals surface area contributed by atoms with Gasteiger partial charge in [0.2, 0.25) is 0 Å². The van der Waals surface area contributed by atoms with E-state index < -0.39 is 0 Å². The lowest BCUT2D eigenvalue weighted by Crippen LogP contribution is -2.28. The second kappa shape index (κ2) is 8.21. The van der Waals surface area contributed by atoms with Crippen molar-refractivity contribution in [2.24, 2.45) is 0 Å². The SMILES string of the molecule is O=C(COC(=O)CCc1ccccc1)NCc1cccs1. The van der Waals surface area contributed by atoms with Gasteiger partial charge < -0.3 is 10.1 Å². The number of esters is 1. The Morgan fingerprint density at radius 2 is 1.90 bits per heavy atom. The van der Waals surface area contributed by atoms with Gasteiger partial charge in [-0.1, -0.05) is 36.4 Å². The molecule has 0 atom stereocenters. The molecule has 0 aliphatic carbocycles. The number of carbonyl (C=O) groups excluding carboxylic acids is 2. The standard InChI is InChI=1S/C16H17NO3S/c18-15(17-11-14-7-4-10-21-14)12-20-16(19)9-8-13-5-2-1-3-6-13/h1-7,10H,8-9,11-12H2,(H,17,18). The predicted molar refractivity (Wildman–Crippen MR) is 81.9 cm³/mol. The van der Waals surface area contributed by atoms with Crippen LogP contribution in [-0.4, -0.2) is 18.5 Å². The fraction of sp³-hybridized carbons (Fsp3) is 0.250. The van der Waals surface area contributed by atoms with Crippen LogP contribution in [0.25, 0.3) is 0 Å². The molecule has 1 amide bonds. The van der Waals surface area contributed by atoms with Gasteiger partial charge in [-0.3, -0.25) is 9.59 Å². The summed E-state index contributed by atoms with van der Waals surface area (Å²) < 4.78 is 4.95. The molecule has 0 saturated carbocycles. The first kappa shape index (κ1) is 15.3. The maximum Gasteiger partial charge on any atom is 0.306 e. The second-order valence-electron chi connectivity index (χ2n) is 4.50. The van der Waals surface area contributed by atoms with Gasteiger partial charge in [0.15, 0.2) is 6.61 Å². The number of aryl methyl sites for hydroxylation is 1. The van der Waals surface area contributed by atoms with Crippen LogP contribution in [0.4, 0.5) is 0 Å². The molecule has 0 aliphatic heterocycles. The van der Waals surface area contributed by atoms with Gasteiger partial charge in [0.25, 0.3) is 5.91 Å². The molecule has 1 N–H and O–H groups in total. The van der Waals surface area contributed by atoms with Gasteiger partial charge in [-0.05, 0) is 23.4 Å². The average molecular weight is 303 g/mol. The maximum absolute atomic E-state index is 11.6. The molecule has 0 aliphatic rings. The predicted octanol–water partition coefficient (Wildman–Crippen LogP) is 2.54. The van der Waals surface area contributed by atoms with Crippen molar-refractivity contribution in [3.05, 3.63) is 58.3 Å². The minimum absolute atomic E-state index is 0.223. The third-order valence-corrected chi connectivity index (χ3v) is 3.74. The highest BCUT2D eigenvalue weighted by Gasteiger charge is 2.07. The van der Waals surface area contributed by atoms with E-state index in [4.69, 9.17) is 4.74 Å². The van der Waals surface area contributed by atoms with Crippen LogP contribution in [0.15, 0.2) is 47.8 Å². The van der Waals surface area contributed by atoms with Crippen LogP contribution < -0.4 is 5.32 Å². The molecule has 1 aromatic heterocycles. The molecule has 2 aromatic rings. The van der Waals surface area contributed by atoms with Crippen molar-refractivity contribution >= 4 is 23.2 Å². The van der Waals surface area contributed by atoms with E-state index >= 15 is 0 Å². The normalized spacial score (nSPS) is 10.1. The fourth-order valence-corrected chi connectivity index (χ4v) is 2.40. The fourth-order valence-electron chi connectivity index (χ4n) is 1.76. The highest BCUT2D eigenvalue weighted by molar-refractivity contribution is 7.09. The Labute approximate surface area is 127 Å². The molecule has 4 nitrogen and oxygen atoms in total. The maximum atomic E-state index is 11.6. The van der Waals surface area contributed by atoms with Crippen molar-refractivity contribution in [3.8, 4) is 0 Å². The number of benzene rings is 1. The summed E-state index contributed by atoms with van der Waals surface area (Å²) in [6.45, 7) is 0.247. The van der Waals surface area contributed by atoms with Crippen LogP contribution in [0.1, 0.15) is 16.9 Å². The van der Waals surface area contributed by atoms with Gasteiger partial charge in [-0.25, -0.2) is 0 Å². The third-order valence-electron chi connectivity index (χ3n) is 2.86. The molecule has 1 aromatic carbocycles. The zero-order valence-corrected chi connectivity index (χ0v) is 12.4. The molecule has 0 fully saturated rings. The summed E-state index contributed by atoms with van der Waals surface area (Å²) in [5.41, 5.74) is 1.08. The Morgan fingerprint density at radius 3 is 2.62 bits per heavy atom. The Kier molecular flexibility index (Phi) is 5.97. The van der Waals surface area contributed by atoms with E-state index in [1.165, 1.54) is 0 Å². The molecule has 21 heavy (non-hydrogen) atoms. The van der Waals surface area contributed by atoms with Crippen LogP contribution >= 0.6 is 11.3 Å². The summed E-state index contributed by atoms with van der Waals surface area (Å²) in [4.78, 5) is 24.2. The lowest BCUT2D eigenvalue weighted by atomic mass is 10.1. The van der Waals surface area contributed by atoms with Crippen molar-refractivity contribution < 1.29 is 14.3 Å². The molecule has 0 unspecified atom stereocenters. The molecule has 0 radical (unpaired) electrons. The van der Waals surface area contributed by atoms with Crippen LogP contribution in [0, 0.1) is 0 Å². The van der Waals surface area contributed by atoms with E-state index in [-0.39, 0.29) is 24.9 Å². The third kappa shape index (κ3) is 5.79. The quantitative estimate of drug-likeness (QED) is 0.800. The number of rotatable bonds is 7. The largest absolute Gasteiger partial charge is 0.456 e. The summed E-state index contributed by atoms with van der Waals surface area (Å²) >= 11 is 1.57. The smallest absolute Gasteiger partial charge is 0.306 e. The van der Waals surface area contributed by atoms with Crippen molar-refractivity contribution in [2.45, 2.75) is 19.4 Å². The summed E-state index contributed by atoms with van der Waals surface area (Å²) in [6, 6.07) is 13.6. The van der Waals surface area contributed by atoms with Gasteiger partial charge in [-0.2, -0.15) is 0 Å². The minimum atomic E-state index is -0.356. The van der Waals surface area contributed by atoms with Gasteiger partial charge in [0.05, 0.1) is 6.54 Å². The molecular formula is C16H17NO3S. The number of thiophene rings is 1. The second-order valence-corrected chi connectivity index (χ2v) is 5.53. The molecule has 0 saturated heterocycles.